The first-order valence-electron chi connectivity index (χ1n) is 14.1. The number of anilines is 1. The molecular weight excluding hydrogens is 504 g/mol. The molecule has 5 rings (SSSR count). The molecule has 1 N–H and O–H groups in total. The third-order valence-corrected chi connectivity index (χ3v) is 7.40. The average Bonchev–Trinajstić information content (AvgIpc) is 3.63. The molecule has 0 unspecified atom stereocenters. The minimum absolute atomic E-state index is 0.154. The van der Waals surface area contributed by atoms with Crippen molar-refractivity contribution in [3.05, 3.63) is 72.2 Å². The number of aryl methyl sites for hydroxylation is 1. The van der Waals surface area contributed by atoms with Crippen molar-refractivity contribution in [1.29, 1.82) is 0 Å². The van der Waals surface area contributed by atoms with Crippen molar-refractivity contribution < 1.29 is 14.3 Å². The summed E-state index contributed by atoms with van der Waals surface area (Å²) in [5, 5.41) is 9.65. The number of carbonyl (C=O) groups excluding carboxylic acids is 2. The SMILES string of the molecule is CCCOC(=O)Nc1cc(-c2nc(C)n(CCN(C(=O)Cc3cccc4ccccc34)C3CCCC3)n2)ccn1. The van der Waals surface area contributed by atoms with Crippen LogP contribution in [0.1, 0.15) is 50.4 Å². The second-order valence-corrected chi connectivity index (χ2v) is 10.2. The molecule has 1 saturated carbocycles. The fourth-order valence-electron chi connectivity index (χ4n) is 5.37. The summed E-state index contributed by atoms with van der Waals surface area (Å²) in [4.78, 5) is 36.5. The molecule has 1 aliphatic carbocycles. The van der Waals surface area contributed by atoms with Gasteiger partial charge in [-0.15, -0.1) is 0 Å². The molecule has 0 aliphatic heterocycles. The Morgan fingerprint density at radius 1 is 1.10 bits per heavy atom. The van der Waals surface area contributed by atoms with Crippen LogP contribution in [0.2, 0.25) is 0 Å². The summed E-state index contributed by atoms with van der Waals surface area (Å²) in [6.07, 6.45) is 6.57. The first kappa shape index (κ1) is 27.3. The molecule has 0 radical (unpaired) electrons. The van der Waals surface area contributed by atoms with Crippen LogP contribution < -0.4 is 5.32 Å². The maximum Gasteiger partial charge on any atom is 0.412 e. The zero-order valence-corrected chi connectivity index (χ0v) is 23.2. The number of fused-ring (bicyclic) bond motifs is 1. The molecule has 4 aromatic rings. The second kappa shape index (κ2) is 12.7. The minimum atomic E-state index is -0.540. The lowest BCUT2D eigenvalue weighted by Gasteiger charge is -2.29. The van der Waals surface area contributed by atoms with E-state index in [-0.39, 0.29) is 11.9 Å². The molecule has 2 heterocycles. The average molecular weight is 541 g/mol. The normalized spacial score (nSPS) is 13.4. The van der Waals surface area contributed by atoms with Crippen molar-refractivity contribution in [3.63, 3.8) is 0 Å². The van der Waals surface area contributed by atoms with Crippen LogP contribution in [0.25, 0.3) is 22.2 Å². The molecule has 40 heavy (non-hydrogen) atoms. The molecule has 9 nitrogen and oxygen atoms in total. The monoisotopic (exact) mass is 540 g/mol. The molecule has 1 fully saturated rings. The number of carbonyl (C=O) groups is 2. The highest BCUT2D eigenvalue weighted by Crippen LogP contribution is 2.26. The van der Waals surface area contributed by atoms with E-state index in [0.29, 0.717) is 37.8 Å². The van der Waals surface area contributed by atoms with Crippen LogP contribution in [0.5, 0.6) is 0 Å². The van der Waals surface area contributed by atoms with E-state index >= 15 is 0 Å². The number of nitrogens with one attached hydrogen (secondary N) is 1. The van der Waals surface area contributed by atoms with Gasteiger partial charge in [-0.3, -0.25) is 10.1 Å². The van der Waals surface area contributed by atoms with E-state index in [9.17, 15) is 9.59 Å². The summed E-state index contributed by atoms with van der Waals surface area (Å²) in [6.45, 7) is 5.32. The molecule has 9 heteroatoms. The van der Waals surface area contributed by atoms with Gasteiger partial charge >= 0.3 is 6.09 Å². The van der Waals surface area contributed by atoms with Gasteiger partial charge in [0.1, 0.15) is 11.6 Å². The molecule has 0 saturated heterocycles. The van der Waals surface area contributed by atoms with Gasteiger partial charge in [0.15, 0.2) is 5.82 Å². The quantitative estimate of drug-likeness (QED) is 0.274. The summed E-state index contributed by atoms with van der Waals surface area (Å²) >= 11 is 0. The molecular formula is C31H36N6O3. The Morgan fingerprint density at radius 2 is 1.90 bits per heavy atom. The fourth-order valence-corrected chi connectivity index (χ4v) is 5.37. The lowest BCUT2D eigenvalue weighted by atomic mass is 10.0. The highest BCUT2D eigenvalue weighted by Gasteiger charge is 2.27. The Hall–Kier alpha value is -4.27. The molecule has 0 bridgehead atoms. The van der Waals surface area contributed by atoms with Gasteiger partial charge in [-0.2, -0.15) is 5.10 Å². The molecule has 1 aliphatic rings. The third kappa shape index (κ3) is 6.47. The van der Waals surface area contributed by atoms with Gasteiger partial charge < -0.3 is 9.64 Å². The number of benzene rings is 2. The number of rotatable bonds is 10. The summed E-state index contributed by atoms with van der Waals surface area (Å²) in [7, 11) is 0. The maximum atomic E-state index is 13.7. The Balaban J connectivity index is 1.29. The second-order valence-electron chi connectivity index (χ2n) is 10.2. The largest absolute Gasteiger partial charge is 0.449 e. The Labute approximate surface area is 234 Å². The number of aromatic nitrogens is 4. The summed E-state index contributed by atoms with van der Waals surface area (Å²) in [5.74, 6) is 1.83. The molecule has 2 aromatic carbocycles. The van der Waals surface area contributed by atoms with E-state index in [1.807, 2.05) is 36.7 Å². The highest BCUT2D eigenvalue weighted by molar-refractivity contribution is 5.90. The standard InChI is InChI=1S/C31H36N6O3/c1-3-19-40-31(39)34-28-20-25(15-16-32-28)30-33-22(2)37(35-30)18-17-36(26-12-5-6-13-26)29(38)21-24-11-8-10-23-9-4-7-14-27(23)24/h4,7-11,14-16,20,26H,3,5-6,12-13,17-19,21H2,1-2H3,(H,32,34,39). The lowest BCUT2D eigenvalue weighted by Crippen LogP contribution is -2.42. The highest BCUT2D eigenvalue weighted by atomic mass is 16.5. The smallest absolute Gasteiger partial charge is 0.412 e. The van der Waals surface area contributed by atoms with Gasteiger partial charge in [-0.1, -0.05) is 62.2 Å². The number of amides is 2. The maximum absolute atomic E-state index is 13.7. The van der Waals surface area contributed by atoms with Gasteiger partial charge in [0, 0.05) is 24.3 Å². The Morgan fingerprint density at radius 3 is 2.73 bits per heavy atom. The van der Waals surface area contributed by atoms with Crippen molar-refractivity contribution in [2.45, 2.75) is 65.0 Å². The first-order valence-corrected chi connectivity index (χ1v) is 14.1. The van der Waals surface area contributed by atoms with Gasteiger partial charge in [-0.25, -0.2) is 19.4 Å². The van der Waals surface area contributed by atoms with Crippen molar-refractivity contribution >= 4 is 28.6 Å². The van der Waals surface area contributed by atoms with Crippen molar-refractivity contribution in [3.8, 4) is 11.4 Å². The number of ether oxygens (including phenoxy) is 1. The van der Waals surface area contributed by atoms with Crippen LogP contribution in [0.3, 0.4) is 0 Å². The topological polar surface area (TPSA) is 102 Å². The number of hydrogen-bond acceptors (Lipinski definition) is 6. The molecule has 2 amide bonds. The predicted octanol–water partition coefficient (Wildman–Crippen LogP) is 5.77. The minimum Gasteiger partial charge on any atom is -0.449 e. The predicted molar refractivity (Wildman–Crippen MR) is 155 cm³/mol. The fraction of sp³-hybridized carbons (Fsp3) is 0.387. The molecule has 208 valence electrons. The summed E-state index contributed by atoms with van der Waals surface area (Å²) in [5.41, 5.74) is 1.80. The molecule has 0 atom stereocenters. The third-order valence-electron chi connectivity index (χ3n) is 7.40. The van der Waals surface area contributed by atoms with Gasteiger partial charge in [0.05, 0.1) is 19.6 Å². The lowest BCUT2D eigenvalue weighted by molar-refractivity contribution is -0.132. The number of hydrogen-bond donors (Lipinski definition) is 1. The first-order chi connectivity index (χ1) is 19.5. The summed E-state index contributed by atoms with van der Waals surface area (Å²) in [6, 6.07) is 18.2. The van der Waals surface area contributed by atoms with Crippen LogP contribution in [0.15, 0.2) is 60.8 Å². The van der Waals surface area contributed by atoms with E-state index in [0.717, 1.165) is 59.8 Å². The van der Waals surface area contributed by atoms with E-state index in [2.05, 4.69) is 44.5 Å². The zero-order valence-electron chi connectivity index (χ0n) is 23.2. The zero-order chi connectivity index (χ0) is 27.9. The van der Waals surface area contributed by atoms with Crippen LogP contribution in [0, 0.1) is 6.92 Å². The summed E-state index contributed by atoms with van der Waals surface area (Å²) < 4.78 is 6.93. The van der Waals surface area contributed by atoms with Crippen LogP contribution >= 0.6 is 0 Å². The van der Waals surface area contributed by atoms with Crippen molar-refractivity contribution in [2.24, 2.45) is 0 Å². The van der Waals surface area contributed by atoms with Crippen LogP contribution in [-0.4, -0.2) is 55.8 Å². The van der Waals surface area contributed by atoms with Crippen LogP contribution in [-0.2, 0) is 22.5 Å². The van der Waals surface area contributed by atoms with Crippen molar-refractivity contribution in [2.75, 3.05) is 18.5 Å². The molecule has 2 aromatic heterocycles. The Bertz CT molecular complexity index is 1470. The number of pyridine rings is 1. The van der Waals surface area contributed by atoms with E-state index in [4.69, 9.17) is 9.84 Å². The number of nitrogens with zero attached hydrogens (tertiary/aromatic N) is 5. The van der Waals surface area contributed by atoms with Crippen LogP contribution in [0.4, 0.5) is 10.6 Å². The van der Waals surface area contributed by atoms with Gasteiger partial charge in [0.2, 0.25) is 5.91 Å². The van der Waals surface area contributed by atoms with E-state index < -0.39 is 6.09 Å². The van der Waals surface area contributed by atoms with Crippen molar-refractivity contribution in [1.82, 2.24) is 24.6 Å². The van der Waals surface area contributed by atoms with Gasteiger partial charge in [0.25, 0.3) is 0 Å². The van der Waals surface area contributed by atoms with Gasteiger partial charge in [-0.05, 0) is 54.7 Å². The Kier molecular flexibility index (Phi) is 8.68. The molecule has 0 spiro atoms. The van der Waals surface area contributed by atoms with E-state index in [1.54, 1.807) is 18.3 Å². The van der Waals surface area contributed by atoms with E-state index in [1.165, 1.54) is 0 Å².